The van der Waals surface area contributed by atoms with Gasteiger partial charge < -0.3 is 14.7 Å². The molecule has 0 N–H and O–H groups in total. The Morgan fingerprint density at radius 1 is 0.212 bits per heavy atom. The smallest absolute Gasteiger partial charge is 0.0540 e. The van der Waals surface area contributed by atoms with Gasteiger partial charge in [-0.1, -0.05) is 188 Å². The van der Waals surface area contributed by atoms with Gasteiger partial charge in [0.15, 0.2) is 0 Å². The number of hydrogen-bond donors (Lipinski definition) is 0. The third kappa shape index (κ3) is 8.92. The highest BCUT2D eigenvalue weighted by Gasteiger charge is 2.18. The van der Waals surface area contributed by atoms with Gasteiger partial charge in [-0.2, -0.15) is 0 Å². The van der Waals surface area contributed by atoms with Gasteiger partial charge in [-0.3, -0.25) is 0 Å². The molecule has 0 radical (unpaired) electrons. The van der Waals surface area contributed by atoms with Crippen molar-refractivity contribution in [3.05, 3.63) is 285 Å². The SMILES string of the molecule is Cc1ccc(N(c2ccc(-c3ccc(N(c4ccccc4)c4cccc5ccccc45)cc3)cc2)c2cccc3ccccc23)cc1.c1ccc(N(c2ccccc2)c2ccccc2)cc1. The van der Waals surface area contributed by atoms with Crippen LogP contribution in [0.4, 0.5) is 51.2 Å². The Balaban J connectivity index is 0.000000224. The summed E-state index contributed by atoms with van der Waals surface area (Å²) in [5.74, 6) is 0. The van der Waals surface area contributed by atoms with Crippen molar-refractivity contribution < 1.29 is 0 Å². The van der Waals surface area contributed by atoms with E-state index in [1.165, 1.54) is 61.0 Å². The summed E-state index contributed by atoms with van der Waals surface area (Å²) >= 11 is 0. The molecule has 0 spiro atoms. The van der Waals surface area contributed by atoms with Crippen LogP contribution in [0.15, 0.2) is 279 Å². The molecule has 0 aromatic heterocycles. The Morgan fingerprint density at radius 3 is 0.848 bits per heavy atom. The van der Waals surface area contributed by atoms with E-state index in [9.17, 15) is 0 Å². The van der Waals surface area contributed by atoms with Crippen LogP contribution < -0.4 is 14.7 Å². The molecule has 0 aliphatic rings. The lowest BCUT2D eigenvalue weighted by Gasteiger charge is -2.27. The molecule has 0 saturated carbocycles. The van der Waals surface area contributed by atoms with E-state index in [1.807, 2.05) is 18.2 Å². The molecule has 11 aromatic carbocycles. The van der Waals surface area contributed by atoms with E-state index in [0.29, 0.717) is 0 Å². The molecule has 11 rings (SSSR count). The Kier molecular flexibility index (Phi) is 12.1. The van der Waals surface area contributed by atoms with Gasteiger partial charge in [-0.05, 0) is 126 Å². The van der Waals surface area contributed by atoms with Crippen LogP contribution in [0, 0.1) is 6.92 Å². The van der Waals surface area contributed by atoms with Crippen molar-refractivity contribution in [1.82, 2.24) is 0 Å². The highest BCUT2D eigenvalue weighted by atomic mass is 15.2. The van der Waals surface area contributed by atoms with Gasteiger partial charge in [-0.15, -0.1) is 0 Å². The number of para-hydroxylation sites is 4. The van der Waals surface area contributed by atoms with Crippen LogP contribution in [0.1, 0.15) is 5.56 Å². The summed E-state index contributed by atoms with van der Waals surface area (Å²) in [4.78, 5) is 6.95. The molecule has 0 bridgehead atoms. The van der Waals surface area contributed by atoms with Crippen molar-refractivity contribution in [2.24, 2.45) is 0 Å². The number of anilines is 9. The minimum absolute atomic E-state index is 1.12. The number of hydrogen-bond acceptors (Lipinski definition) is 3. The maximum atomic E-state index is 2.36. The monoisotopic (exact) mass is 847 g/mol. The van der Waals surface area contributed by atoms with Gasteiger partial charge in [0, 0.05) is 50.6 Å². The third-order valence-electron chi connectivity index (χ3n) is 11.9. The van der Waals surface area contributed by atoms with Crippen molar-refractivity contribution in [2.75, 3.05) is 14.7 Å². The van der Waals surface area contributed by atoms with Crippen molar-refractivity contribution in [2.45, 2.75) is 6.92 Å². The summed E-state index contributed by atoms with van der Waals surface area (Å²) in [6.07, 6.45) is 0. The minimum Gasteiger partial charge on any atom is -0.311 e. The average Bonchev–Trinajstić information content (AvgIpc) is 3.39. The Labute approximate surface area is 388 Å². The highest BCUT2D eigenvalue weighted by molar-refractivity contribution is 6.00. The quantitative estimate of drug-likeness (QED) is 0.136. The molecule has 0 amide bonds. The third-order valence-corrected chi connectivity index (χ3v) is 11.9. The molecular weight excluding hydrogens is 799 g/mol. The topological polar surface area (TPSA) is 9.72 Å². The second kappa shape index (κ2) is 19.4. The van der Waals surface area contributed by atoms with Gasteiger partial charge in [0.1, 0.15) is 0 Å². The predicted octanol–water partition coefficient (Wildman–Crippen LogP) is 18.1. The molecule has 0 unspecified atom stereocenters. The maximum Gasteiger partial charge on any atom is 0.0540 e. The van der Waals surface area contributed by atoms with Crippen LogP contribution in [0.2, 0.25) is 0 Å². The molecule has 11 aromatic rings. The fourth-order valence-corrected chi connectivity index (χ4v) is 8.72. The zero-order valence-corrected chi connectivity index (χ0v) is 36.9. The fraction of sp³-hybridized carbons (Fsp3) is 0.0159. The number of rotatable bonds is 10. The Hall–Kier alpha value is -8.66. The number of benzene rings is 11. The lowest BCUT2D eigenvalue weighted by molar-refractivity contribution is 1.28. The van der Waals surface area contributed by atoms with E-state index in [1.54, 1.807) is 0 Å². The summed E-state index contributed by atoms with van der Waals surface area (Å²) in [5.41, 5.74) is 13.9. The molecule has 316 valence electrons. The van der Waals surface area contributed by atoms with Gasteiger partial charge >= 0.3 is 0 Å². The molecule has 0 heterocycles. The normalized spacial score (nSPS) is 10.8. The Bertz CT molecular complexity index is 3180. The summed E-state index contributed by atoms with van der Waals surface area (Å²) in [6, 6.07) is 98.7. The minimum atomic E-state index is 1.12. The summed E-state index contributed by atoms with van der Waals surface area (Å²) in [5, 5.41) is 4.91. The largest absolute Gasteiger partial charge is 0.311 e. The van der Waals surface area contributed by atoms with E-state index in [2.05, 4.69) is 282 Å². The molecule has 66 heavy (non-hydrogen) atoms. The average molecular weight is 848 g/mol. The molecule has 0 aliphatic carbocycles. The first-order chi connectivity index (χ1) is 32.7. The van der Waals surface area contributed by atoms with Crippen molar-refractivity contribution in [1.29, 1.82) is 0 Å². The molecule has 3 heteroatoms. The lowest BCUT2D eigenvalue weighted by Crippen LogP contribution is -2.10. The van der Waals surface area contributed by atoms with E-state index in [0.717, 1.165) is 28.4 Å². The first kappa shape index (κ1) is 41.4. The van der Waals surface area contributed by atoms with Crippen LogP contribution in [0.25, 0.3) is 32.7 Å². The van der Waals surface area contributed by atoms with Crippen molar-refractivity contribution >= 4 is 72.7 Å². The zero-order valence-electron chi connectivity index (χ0n) is 36.9. The summed E-state index contributed by atoms with van der Waals surface area (Å²) < 4.78 is 0. The molecule has 0 aliphatic heterocycles. The molecule has 0 atom stereocenters. The first-order valence-corrected chi connectivity index (χ1v) is 22.5. The van der Waals surface area contributed by atoms with Gasteiger partial charge in [0.05, 0.1) is 11.4 Å². The van der Waals surface area contributed by atoms with Crippen molar-refractivity contribution in [3.8, 4) is 11.1 Å². The first-order valence-electron chi connectivity index (χ1n) is 22.5. The van der Waals surface area contributed by atoms with Crippen LogP contribution in [0.5, 0.6) is 0 Å². The van der Waals surface area contributed by atoms with Crippen LogP contribution in [-0.2, 0) is 0 Å². The zero-order chi connectivity index (χ0) is 44.5. The van der Waals surface area contributed by atoms with E-state index >= 15 is 0 Å². The maximum absolute atomic E-state index is 2.36. The molecule has 3 nitrogen and oxygen atoms in total. The Morgan fingerprint density at radius 2 is 0.485 bits per heavy atom. The highest BCUT2D eigenvalue weighted by Crippen LogP contribution is 2.42. The van der Waals surface area contributed by atoms with Gasteiger partial charge in [0.25, 0.3) is 0 Å². The van der Waals surface area contributed by atoms with E-state index < -0.39 is 0 Å². The fourth-order valence-electron chi connectivity index (χ4n) is 8.72. The number of fused-ring (bicyclic) bond motifs is 2. The van der Waals surface area contributed by atoms with Crippen LogP contribution in [0.3, 0.4) is 0 Å². The predicted molar refractivity (Wildman–Crippen MR) is 282 cm³/mol. The van der Waals surface area contributed by atoms with Crippen molar-refractivity contribution in [3.63, 3.8) is 0 Å². The standard InChI is InChI=1S/C45H34N2.C18H15N/c1-33-21-27-39(28-22-33)47(45-20-10-14-37-12-6-8-18-43(37)45)41-31-25-35(26-32-41)34-23-29-40(30-24-34)46(38-15-3-2-4-16-38)44-19-9-13-36-11-5-7-17-42(36)44;1-4-10-16(11-5-1)19(17-12-6-2-7-13-17)18-14-8-3-9-15-18/h2-32H,1H3;1-15H. The summed E-state index contributed by atoms with van der Waals surface area (Å²) in [6.45, 7) is 2.13. The number of aryl methyl sites for hydroxylation is 1. The van der Waals surface area contributed by atoms with Crippen LogP contribution in [-0.4, -0.2) is 0 Å². The van der Waals surface area contributed by atoms with Gasteiger partial charge in [-0.25, -0.2) is 0 Å². The van der Waals surface area contributed by atoms with E-state index in [-0.39, 0.29) is 0 Å². The molecule has 0 fully saturated rings. The van der Waals surface area contributed by atoms with E-state index in [4.69, 9.17) is 0 Å². The lowest BCUT2D eigenvalue weighted by atomic mass is 10.0. The summed E-state index contributed by atoms with van der Waals surface area (Å²) in [7, 11) is 0. The second-order valence-corrected chi connectivity index (χ2v) is 16.3. The van der Waals surface area contributed by atoms with Crippen LogP contribution >= 0.6 is 0 Å². The molecular formula is C63H49N3. The second-order valence-electron chi connectivity index (χ2n) is 16.3. The van der Waals surface area contributed by atoms with Gasteiger partial charge in [0.2, 0.25) is 0 Å². The molecule has 0 saturated heterocycles. The number of nitrogens with zero attached hydrogens (tertiary/aromatic N) is 3.